The number of aromatic nitrogens is 2. The van der Waals surface area contributed by atoms with Crippen LogP contribution in [0.1, 0.15) is 10.4 Å². The molecule has 25 heavy (non-hydrogen) atoms. The molecule has 0 spiro atoms. The van der Waals surface area contributed by atoms with E-state index in [-0.39, 0.29) is 24.9 Å². The molecule has 128 valence electrons. The van der Waals surface area contributed by atoms with Gasteiger partial charge in [0, 0.05) is 16.7 Å². The Morgan fingerprint density at radius 3 is 2.80 bits per heavy atom. The van der Waals surface area contributed by atoms with Crippen molar-refractivity contribution in [2.24, 2.45) is 0 Å². The maximum atomic E-state index is 13.1. The number of halogens is 2. The second-order valence-corrected chi connectivity index (χ2v) is 5.66. The third-order valence-electron chi connectivity index (χ3n) is 3.47. The van der Waals surface area contributed by atoms with Crippen molar-refractivity contribution in [2.45, 2.75) is 0 Å². The highest BCUT2D eigenvalue weighted by atomic mass is 35.5. The van der Waals surface area contributed by atoms with Crippen LogP contribution < -0.4 is 10.1 Å². The van der Waals surface area contributed by atoms with Crippen molar-refractivity contribution in [1.29, 1.82) is 0 Å². The number of carbonyl (C=O) groups excluding carboxylic acids is 1. The molecule has 2 aromatic carbocycles. The van der Waals surface area contributed by atoms with Gasteiger partial charge in [0.15, 0.2) is 0 Å². The van der Waals surface area contributed by atoms with Crippen LogP contribution in [-0.2, 0) is 0 Å². The van der Waals surface area contributed by atoms with Gasteiger partial charge in [-0.3, -0.25) is 9.89 Å². The van der Waals surface area contributed by atoms with Crippen molar-refractivity contribution in [2.75, 3.05) is 13.2 Å². The first-order valence-electron chi connectivity index (χ1n) is 7.59. The molecule has 0 aliphatic rings. The van der Waals surface area contributed by atoms with Gasteiger partial charge in [0.1, 0.15) is 18.2 Å². The zero-order valence-electron chi connectivity index (χ0n) is 13.1. The molecule has 0 saturated heterocycles. The summed E-state index contributed by atoms with van der Waals surface area (Å²) in [6.45, 7) is 0.504. The molecule has 0 aliphatic heterocycles. The third kappa shape index (κ3) is 4.36. The van der Waals surface area contributed by atoms with Crippen molar-refractivity contribution in [1.82, 2.24) is 15.5 Å². The number of hydrogen-bond acceptors (Lipinski definition) is 3. The Labute approximate surface area is 148 Å². The number of nitrogens with zero attached hydrogens (tertiary/aromatic N) is 1. The number of amides is 1. The monoisotopic (exact) mass is 359 g/mol. The van der Waals surface area contributed by atoms with E-state index in [2.05, 4.69) is 15.5 Å². The number of hydrogen-bond donors (Lipinski definition) is 2. The molecule has 0 fully saturated rings. The minimum Gasteiger partial charge on any atom is -0.492 e. The second kappa shape index (κ2) is 7.81. The van der Waals surface area contributed by atoms with Gasteiger partial charge in [0.2, 0.25) is 0 Å². The Bertz CT molecular complexity index is 865. The van der Waals surface area contributed by atoms with E-state index in [0.717, 1.165) is 5.56 Å². The molecule has 1 heterocycles. The molecule has 0 atom stereocenters. The zero-order chi connectivity index (χ0) is 17.6. The fourth-order valence-electron chi connectivity index (χ4n) is 2.28. The number of H-pyrrole nitrogens is 1. The maximum absolute atomic E-state index is 13.1. The topological polar surface area (TPSA) is 67.0 Å². The molecule has 0 aliphatic carbocycles. The van der Waals surface area contributed by atoms with E-state index in [1.165, 1.54) is 18.3 Å². The van der Waals surface area contributed by atoms with Gasteiger partial charge >= 0.3 is 0 Å². The van der Waals surface area contributed by atoms with Gasteiger partial charge in [0.05, 0.1) is 24.0 Å². The van der Waals surface area contributed by atoms with Crippen molar-refractivity contribution in [3.8, 4) is 17.0 Å². The highest BCUT2D eigenvalue weighted by Gasteiger charge is 2.14. The van der Waals surface area contributed by atoms with Crippen molar-refractivity contribution in [3.63, 3.8) is 0 Å². The van der Waals surface area contributed by atoms with Crippen LogP contribution in [0.2, 0.25) is 5.02 Å². The quantitative estimate of drug-likeness (QED) is 0.660. The summed E-state index contributed by atoms with van der Waals surface area (Å²) in [4.78, 5) is 12.3. The van der Waals surface area contributed by atoms with E-state index in [4.69, 9.17) is 16.3 Å². The van der Waals surface area contributed by atoms with Gasteiger partial charge in [-0.15, -0.1) is 0 Å². The minimum absolute atomic E-state index is 0.226. The van der Waals surface area contributed by atoms with Crippen LogP contribution in [0.3, 0.4) is 0 Å². The fraction of sp³-hybridized carbons (Fsp3) is 0.111. The average molecular weight is 360 g/mol. The van der Waals surface area contributed by atoms with Crippen LogP contribution >= 0.6 is 11.6 Å². The molecular weight excluding hydrogens is 345 g/mol. The summed E-state index contributed by atoms with van der Waals surface area (Å²) in [6, 6.07) is 12.9. The van der Waals surface area contributed by atoms with Crippen LogP contribution in [0.25, 0.3) is 11.3 Å². The highest BCUT2D eigenvalue weighted by Crippen LogP contribution is 2.22. The summed E-state index contributed by atoms with van der Waals surface area (Å²) >= 11 is 5.88. The summed E-state index contributed by atoms with van der Waals surface area (Å²) in [5.41, 5.74) is 1.84. The number of aromatic amines is 1. The molecule has 0 saturated carbocycles. The van der Waals surface area contributed by atoms with E-state index in [1.807, 2.05) is 0 Å². The Balaban J connectivity index is 1.57. The standard InChI is InChI=1S/C18H15ClFN3O2/c19-13-6-4-12(5-7-13)17-16(11-22-23-17)18(24)21-8-9-25-15-3-1-2-14(20)10-15/h1-7,10-11H,8-9H2,(H,21,24)(H,22,23). The Kier molecular flexibility index (Phi) is 5.30. The lowest BCUT2D eigenvalue weighted by atomic mass is 10.1. The highest BCUT2D eigenvalue weighted by molar-refractivity contribution is 6.30. The van der Waals surface area contributed by atoms with Crippen molar-refractivity contribution in [3.05, 3.63) is 71.1 Å². The number of benzene rings is 2. The predicted octanol–water partition coefficient (Wildman–Crippen LogP) is 3.68. The number of nitrogens with one attached hydrogen (secondary N) is 2. The summed E-state index contributed by atoms with van der Waals surface area (Å²) in [5.74, 6) is -0.228. The number of ether oxygens (including phenoxy) is 1. The molecule has 3 rings (SSSR count). The summed E-state index contributed by atoms with van der Waals surface area (Å²) < 4.78 is 18.4. The Morgan fingerprint density at radius 2 is 2.04 bits per heavy atom. The largest absolute Gasteiger partial charge is 0.492 e. The summed E-state index contributed by atoms with van der Waals surface area (Å²) in [6.07, 6.45) is 1.46. The Morgan fingerprint density at radius 1 is 1.24 bits per heavy atom. The lowest BCUT2D eigenvalue weighted by molar-refractivity contribution is 0.0947. The Hall–Kier alpha value is -2.86. The SMILES string of the molecule is O=C(NCCOc1cccc(F)c1)c1cn[nH]c1-c1ccc(Cl)cc1. The molecule has 0 bridgehead atoms. The van der Waals surface area contributed by atoms with Crippen LogP contribution in [0.5, 0.6) is 5.75 Å². The minimum atomic E-state index is -0.368. The smallest absolute Gasteiger partial charge is 0.255 e. The third-order valence-corrected chi connectivity index (χ3v) is 3.72. The van der Waals surface area contributed by atoms with E-state index in [1.54, 1.807) is 36.4 Å². The van der Waals surface area contributed by atoms with Gasteiger partial charge < -0.3 is 10.1 Å². The van der Waals surface area contributed by atoms with Crippen LogP contribution in [0.15, 0.2) is 54.7 Å². The van der Waals surface area contributed by atoms with Crippen LogP contribution in [0, 0.1) is 5.82 Å². The van der Waals surface area contributed by atoms with Crippen LogP contribution in [0.4, 0.5) is 4.39 Å². The maximum Gasteiger partial charge on any atom is 0.255 e. The molecule has 7 heteroatoms. The van der Waals surface area contributed by atoms with Gasteiger partial charge in [-0.1, -0.05) is 29.8 Å². The van der Waals surface area contributed by atoms with Crippen molar-refractivity contribution < 1.29 is 13.9 Å². The van der Waals surface area contributed by atoms with Crippen molar-refractivity contribution >= 4 is 17.5 Å². The van der Waals surface area contributed by atoms with E-state index >= 15 is 0 Å². The predicted molar refractivity (Wildman–Crippen MR) is 93.3 cm³/mol. The first-order valence-corrected chi connectivity index (χ1v) is 7.97. The lowest BCUT2D eigenvalue weighted by Crippen LogP contribution is -2.28. The molecule has 0 unspecified atom stereocenters. The first-order chi connectivity index (χ1) is 12.1. The van der Waals surface area contributed by atoms with E-state index < -0.39 is 0 Å². The molecule has 2 N–H and O–H groups in total. The first kappa shape index (κ1) is 17.0. The molecule has 3 aromatic rings. The molecule has 1 aromatic heterocycles. The fourth-order valence-corrected chi connectivity index (χ4v) is 2.41. The zero-order valence-corrected chi connectivity index (χ0v) is 13.9. The van der Waals surface area contributed by atoms with Gasteiger partial charge in [-0.2, -0.15) is 5.10 Å². The number of rotatable bonds is 6. The van der Waals surface area contributed by atoms with E-state index in [0.29, 0.717) is 22.0 Å². The summed E-state index contributed by atoms with van der Waals surface area (Å²) in [7, 11) is 0. The van der Waals surface area contributed by atoms with Crippen LogP contribution in [-0.4, -0.2) is 29.3 Å². The lowest BCUT2D eigenvalue weighted by Gasteiger charge is -2.08. The molecular formula is C18H15ClFN3O2. The summed E-state index contributed by atoms with van der Waals surface area (Å²) in [5, 5.41) is 10.1. The van der Waals surface area contributed by atoms with Gasteiger partial charge in [0.25, 0.3) is 5.91 Å². The molecule has 0 radical (unpaired) electrons. The molecule has 5 nitrogen and oxygen atoms in total. The van der Waals surface area contributed by atoms with Gasteiger partial charge in [-0.05, 0) is 24.3 Å². The van der Waals surface area contributed by atoms with E-state index in [9.17, 15) is 9.18 Å². The molecule has 1 amide bonds. The van der Waals surface area contributed by atoms with Gasteiger partial charge in [-0.25, -0.2) is 4.39 Å². The second-order valence-electron chi connectivity index (χ2n) is 5.23. The normalized spacial score (nSPS) is 10.5. The number of carbonyl (C=O) groups is 1. The average Bonchev–Trinajstić information content (AvgIpc) is 3.09.